The Hall–Kier alpha value is -1.60. The third-order valence-electron chi connectivity index (χ3n) is 1.95. The number of carbonyl (C=O) groups excluding carboxylic acids is 1. The summed E-state index contributed by atoms with van der Waals surface area (Å²) in [6.45, 7) is 3.40. The maximum atomic E-state index is 11.4. The quantitative estimate of drug-likeness (QED) is 0.771. The van der Waals surface area contributed by atoms with Crippen LogP contribution in [0.25, 0.3) is 0 Å². The average molecular weight is 265 g/mol. The highest BCUT2D eigenvalue weighted by Crippen LogP contribution is 2.23. The van der Waals surface area contributed by atoms with Crippen molar-refractivity contribution in [3.8, 4) is 6.07 Å². The molecule has 0 N–H and O–H groups in total. The smallest absolute Gasteiger partial charge is 0.250 e. The van der Waals surface area contributed by atoms with Crippen LogP contribution in [0.4, 0.5) is 5.69 Å². The van der Waals surface area contributed by atoms with Crippen LogP contribution in [-0.4, -0.2) is 13.0 Å². The second kappa shape index (κ2) is 4.76. The molecular formula is C11H9BrN2O. The first kappa shape index (κ1) is 11.5. The zero-order valence-corrected chi connectivity index (χ0v) is 9.78. The van der Waals surface area contributed by atoms with Gasteiger partial charge in [-0.1, -0.05) is 22.5 Å². The van der Waals surface area contributed by atoms with E-state index in [4.69, 9.17) is 5.26 Å². The minimum atomic E-state index is -0.242. The number of benzene rings is 1. The van der Waals surface area contributed by atoms with E-state index >= 15 is 0 Å². The summed E-state index contributed by atoms with van der Waals surface area (Å²) in [7, 11) is 1.61. The fraction of sp³-hybridized carbons (Fsp3) is 0.0909. The fourth-order valence-electron chi connectivity index (χ4n) is 1.15. The van der Waals surface area contributed by atoms with Crippen molar-refractivity contribution in [1.29, 1.82) is 5.26 Å². The summed E-state index contributed by atoms with van der Waals surface area (Å²) in [5.41, 5.74) is 1.02. The molecule has 3 nitrogen and oxygen atoms in total. The first-order chi connectivity index (χ1) is 7.10. The van der Waals surface area contributed by atoms with Gasteiger partial charge in [0.25, 0.3) is 0 Å². The number of nitrogens with zero attached hydrogens (tertiary/aromatic N) is 2. The lowest BCUT2D eigenvalue weighted by Gasteiger charge is -2.16. The van der Waals surface area contributed by atoms with Gasteiger partial charge in [-0.25, -0.2) is 0 Å². The average Bonchev–Trinajstić information content (AvgIpc) is 2.26. The van der Waals surface area contributed by atoms with Crippen LogP contribution in [0.5, 0.6) is 0 Å². The fourth-order valence-corrected chi connectivity index (χ4v) is 1.51. The van der Waals surface area contributed by atoms with Crippen molar-refractivity contribution in [2.45, 2.75) is 0 Å². The van der Waals surface area contributed by atoms with Gasteiger partial charge >= 0.3 is 0 Å². The molecule has 1 amide bonds. The standard InChI is InChI=1S/C11H9BrN2O/c1-3-11(15)14(2)10-5-4-9(12)6-8(10)7-13/h3-6H,1H2,2H3. The molecule has 0 saturated heterocycles. The summed E-state index contributed by atoms with van der Waals surface area (Å²) in [5, 5.41) is 8.91. The molecule has 15 heavy (non-hydrogen) atoms. The van der Waals surface area contributed by atoms with Crippen molar-refractivity contribution >= 4 is 27.5 Å². The molecule has 0 bridgehead atoms. The van der Waals surface area contributed by atoms with Crippen LogP contribution in [0.1, 0.15) is 5.56 Å². The topological polar surface area (TPSA) is 44.1 Å². The molecule has 0 saturated carbocycles. The van der Waals surface area contributed by atoms with Gasteiger partial charge in [0.05, 0.1) is 11.3 Å². The lowest BCUT2D eigenvalue weighted by molar-refractivity contribution is -0.113. The SMILES string of the molecule is C=CC(=O)N(C)c1ccc(Br)cc1C#N. The Balaban J connectivity index is 3.20. The minimum Gasteiger partial charge on any atom is -0.311 e. The molecule has 0 radical (unpaired) electrons. The van der Waals surface area contributed by atoms with Crippen molar-refractivity contribution in [3.05, 3.63) is 40.9 Å². The molecule has 0 spiro atoms. The highest BCUT2D eigenvalue weighted by atomic mass is 79.9. The van der Waals surface area contributed by atoms with Gasteiger partial charge in [0, 0.05) is 11.5 Å². The number of carbonyl (C=O) groups is 1. The maximum Gasteiger partial charge on any atom is 0.250 e. The molecule has 1 rings (SSSR count). The maximum absolute atomic E-state index is 11.4. The number of halogens is 1. The number of hydrogen-bond acceptors (Lipinski definition) is 2. The number of rotatable bonds is 2. The number of hydrogen-bond donors (Lipinski definition) is 0. The van der Waals surface area contributed by atoms with Gasteiger partial charge < -0.3 is 4.90 Å². The third kappa shape index (κ3) is 2.45. The van der Waals surface area contributed by atoms with E-state index in [0.717, 1.165) is 4.47 Å². The van der Waals surface area contributed by atoms with Crippen LogP contribution < -0.4 is 4.90 Å². The van der Waals surface area contributed by atoms with Gasteiger partial charge in [-0.3, -0.25) is 4.79 Å². The van der Waals surface area contributed by atoms with Gasteiger partial charge in [-0.05, 0) is 24.3 Å². The van der Waals surface area contributed by atoms with Crippen LogP contribution in [-0.2, 0) is 4.79 Å². The monoisotopic (exact) mass is 264 g/mol. The minimum absolute atomic E-state index is 0.242. The molecule has 0 aliphatic heterocycles. The number of nitriles is 1. The molecule has 76 valence electrons. The largest absolute Gasteiger partial charge is 0.311 e. The molecule has 4 heteroatoms. The summed E-state index contributed by atoms with van der Waals surface area (Å²) in [4.78, 5) is 12.7. The Labute approximate surface area is 96.7 Å². The first-order valence-electron chi connectivity index (χ1n) is 4.20. The van der Waals surface area contributed by atoms with E-state index in [9.17, 15) is 4.79 Å². The van der Waals surface area contributed by atoms with E-state index in [0.29, 0.717) is 11.3 Å². The first-order valence-corrected chi connectivity index (χ1v) is 4.99. The Morgan fingerprint density at radius 3 is 2.87 bits per heavy atom. The molecule has 1 aromatic carbocycles. The van der Waals surface area contributed by atoms with Gasteiger partial charge in [-0.2, -0.15) is 5.26 Å². The Morgan fingerprint density at radius 1 is 1.67 bits per heavy atom. The summed E-state index contributed by atoms with van der Waals surface area (Å²) in [5.74, 6) is -0.242. The highest BCUT2D eigenvalue weighted by molar-refractivity contribution is 9.10. The van der Waals surface area contributed by atoms with Crippen LogP contribution >= 0.6 is 15.9 Å². The highest BCUT2D eigenvalue weighted by Gasteiger charge is 2.11. The van der Waals surface area contributed by atoms with E-state index in [2.05, 4.69) is 22.5 Å². The van der Waals surface area contributed by atoms with E-state index in [1.54, 1.807) is 25.2 Å². The summed E-state index contributed by atoms with van der Waals surface area (Å²) in [6.07, 6.45) is 1.21. The van der Waals surface area contributed by atoms with Gasteiger partial charge in [0.15, 0.2) is 0 Å². The lowest BCUT2D eigenvalue weighted by Crippen LogP contribution is -2.24. The normalized spacial score (nSPS) is 9.13. The summed E-state index contributed by atoms with van der Waals surface area (Å²) in [6, 6.07) is 7.20. The number of amides is 1. The Bertz CT molecular complexity index is 448. The molecule has 0 aliphatic carbocycles. The van der Waals surface area contributed by atoms with Crippen molar-refractivity contribution in [2.75, 3.05) is 11.9 Å². The second-order valence-electron chi connectivity index (χ2n) is 2.87. The molecule has 0 heterocycles. The van der Waals surface area contributed by atoms with E-state index in [-0.39, 0.29) is 5.91 Å². The molecular weight excluding hydrogens is 256 g/mol. The molecule has 0 aliphatic rings. The number of anilines is 1. The van der Waals surface area contributed by atoms with E-state index in [1.807, 2.05) is 6.07 Å². The van der Waals surface area contributed by atoms with Crippen molar-refractivity contribution in [2.24, 2.45) is 0 Å². The Kier molecular flexibility index (Phi) is 3.64. The molecule has 1 aromatic rings. The second-order valence-corrected chi connectivity index (χ2v) is 3.79. The Morgan fingerprint density at radius 2 is 2.33 bits per heavy atom. The van der Waals surface area contributed by atoms with Crippen molar-refractivity contribution in [1.82, 2.24) is 0 Å². The zero-order chi connectivity index (χ0) is 11.4. The van der Waals surface area contributed by atoms with E-state index in [1.165, 1.54) is 11.0 Å². The zero-order valence-electron chi connectivity index (χ0n) is 8.20. The van der Waals surface area contributed by atoms with Crippen molar-refractivity contribution in [3.63, 3.8) is 0 Å². The van der Waals surface area contributed by atoms with Gasteiger partial charge in [0.1, 0.15) is 6.07 Å². The summed E-state index contributed by atoms with van der Waals surface area (Å²) >= 11 is 3.27. The van der Waals surface area contributed by atoms with Crippen LogP contribution in [0.15, 0.2) is 35.3 Å². The van der Waals surface area contributed by atoms with Crippen LogP contribution in [0.2, 0.25) is 0 Å². The van der Waals surface area contributed by atoms with Crippen LogP contribution in [0.3, 0.4) is 0 Å². The molecule has 0 aromatic heterocycles. The van der Waals surface area contributed by atoms with Crippen molar-refractivity contribution < 1.29 is 4.79 Å². The van der Waals surface area contributed by atoms with Gasteiger partial charge in [-0.15, -0.1) is 0 Å². The van der Waals surface area contributed by atoms with Gasteiger partial charge in [0.2, 0.25) is 5.91 Å². The molecule has 0 atom stereocenters. The predicted octanol–water partition coefficient (Wildman–Crippen LogP) is 2.47. The summed E-state index contributed by atoms with van der Waals surface area (Å²) < 4.78 is 0.808. The molecule has 0 fully saturated rings. The van der Waals surface area contributed by atoms with Crippen LogP contribution in [0, 0.1) is 11.3 Å². The van der Waals surface area contributed by atoms with E-state index < -0.39 is 0 Å². The molecule has 0 unspecified atom stereocenters. The lowest BCUT2D eigenvalue weighted by atomic mass is 10.2. The number of likely N-dealkylation sites (N-methyl/N-ethyl adjacent to an activating group) is 1. The third-order valence-corrected chi connectivity index (χ3v) is 2.44. The predicted molar refractivity (Wildman–Crippen MR) is 62.5 cm³/mol.